The zero-order valence-electron chi connectivity index (χ0n) is 27.2. The Hall–Kier alpha value is -2.86. The minimum atomic E-state index is 0.236. The van der Waals surface area contributed by atoms with Gasteiger partial charge in [0.2, 0.25) is 0 Å². The normalized spacial score (nSPS) is 21.9. The quantitative estimate of drug-likeness (QED) is 0.193. The molecular formula is C40H55-. The lowest BCUT2D eigenvalue weighted by atomic mass is 9.72. The molecular weight excluding hydrogens is 480 g/mol. The predicted molar refractivity (Wildman–Crippen MR) is 181 cm³/mol. The topological polar surface area (TPSA) is 0 Å². The molecule has 0 saturated carbocycles. The summed E-state index contributed by atoms with van der Waals surface area (Å²) in [6.45, 7) is 22.6. The van der Waals surface area contributed by atoms with Crippen molar-refractivity contribution < 1.29 is 0 Å². The molecule has 2 aliphatic rings. The van der Waals surface area contributed by atoms with Crippen molar-refractivity contribution in [2.24, 2.45) is 10.8 Å². The first kappa shape index (κ1) is 33.3. The highest BCUT2D eigenvalue weighted by Crippen LogP contribution is 2.41. The molecule has 0 nitrogen and oxygen atoms in total. The highest BCUT2D eigenvalue weighted by molar-refractivity contribution is 5.39. The van der Waals surface area contributed by atoms with Crippen LogP contribution in [0.25, 0.3) is 0 Å². The first-order valence-electron chi connectivity index (χ1n) is 15.1. The Morgan fingerprint density at radius 3 is 1.52 bits per heavy atom. The van der Waals surface area contributed by atoms with Gasteiger partial charge in [0.05, 0.1) is 0 Å². The van der Waals surface area contributed by atoms with Crippen LogP contribution in [0.15, 0.2) is 130 Å². The van der Waals surface area contributed by atoms with Crippen LogP contribution in [0.3, 0.4) is 0 Å². The van der Waals surface area contributed by atoms with Crippen LogP contribution in [-0.2, 0) is 0 Å². The third kappa shape index (κ3) is 11.3. The van der Waals surface area contributed by atoms with Crippen LogP contribution in [0, 0.1) is 17.3 Å². The minimum Gasteiger partial charge on any atom is -0.324 e. The van der Waals surface area contributed by atoms with E-state index in [0.29, 0.717) is 5.41 Å². The molecule has 0 fully saturated rings. The van der Waals surface area contributed by atoms with Crippen molar-refractivity contribution in [2.75, 3.05) is 0 Å². The summed E-state index contributed by atoms with van der Waals surface area (Å²) in [4.78, 5) is 0. The van der Waals surface area contributed by atoms with Crippen molar-refractivity contribution >= 4 is 0 Å². The fourth-order valence-electron chi connectivity index (χ4n) is 5.60. The van der Waals surface area contributed by atoms with E-state index >= 15 is 0 Å². The molecule has 0 atom stereocenters. The molecule has 0 N–H and O–H groups in total. The second-order valence-electron chi connectivity index (χ2n) is 13.1. The van der Waals surface area contributed by atoms with Crippen LogP contribution in [0.1, 0.15) is 101 Å². The van der Waals surface area contributed by atoms with E-state index in [9.17, 15) is 0 Å². The summed E-state index contributed by atoms with van der Waals surface area (Å²) in [6, 6.07) is 0. The zero-order valence-corrected chi connectivity index (χ0v) is 27.2. The van der Waals surface area contributed by atoms with Gasteiger partial charge >= 0.3 is 0 Å². The van der Waals surface area contributed by atoms with Crippen LogP contribution >= 0.6 is 0 Å². The van der Waals surface area contributed by atoms with Gasteiger partial charge in [-0.05, 0) is 82.8 Å². The third-order valence-corrected chi connectivity index (χ3v) is 8.13. The van der Waals surface area contributed by atoms with Crippen molar-refractivity contribution in [3.63, 3.8) is 0 Å². The van der Waals surface area contributed by atoms with Crippen molar-refractivity contribution in [3.8, 4) is 0 Å². The molecule has 40 heavy (non-hydrogen) atoms. The molecule has 2 rings (SSSR count). The van der Waals surface area contributed by atoms with E-state index in [1.807, 2.05) is 0 Å². The first-order valence-corrected chi connectivity index (χ1v) is 15.1. The second kappa shape index (κ2) is 15.8. The highest BCUT2D eigenvalue weighted by Gasteiger charge is 2.26. The lowest BCUT2D eigenvalue weighted by Crippen LogP contribution is -2.19. The largest absolute Gasteiger partial charge is 0.324 e. The molecule has 0 aromatic carbocycles. The maximum absolute atomic E-state index is 2.41. The second-order valence-corrected chi connectivity index (χ2v) is 13.1. The Labute approximate surface area is 247 Å². The SMILES string of the molecule is CC1=C(/C=C/C(C)=C/C=C/C(C)=C/C=C/C=C(C)/C=C/C=C(C)/C=C/C2=C(C)CCCC2(C)C)C(C)(C)C[CH-]C1. The van der Waals surface area contributed by atoms with Crippen molar-refractivity contribution in [2.45, 2.75) is 101 Å². The van der Waals surface area contributed by atoms with Crippen LogP contribution in [-0.4, -0.2) is 0 Å². The average molecular weight is 536 g/mol. The van der Waals surface area contributed by atoms with Gasteiger partial charge in [-0.2, -0.15) is 12.8 Å². The molecule has 0 saturated heterocycles. The monoisotopic (exact) mass is 535 g/mol. The lowest BCUT2D eigenvalue weighted by molar-refractivity contribution is 0.377. The minimum absolute atomic E-state index is 0.236. The van der Waals surface area contributed by atoms with E-state index in [-0.39, 0.29) is 5.41 Å². The molecule has 0 aliphatic heterocycles. The Kier molecular flexibility index (Phi) is 13.2. The Bertz CT molecular complexity index is 1120. The van der Waals surface area contributed by atoms with Crippen molar-refractivity contribution in [1.82, 2.24) is 0 Å². The van der Waals surface area contributed by atoms with Gasteiger partial charge in [0, 0.05) is 0 Å². The van der Waals surface area contributed by atoms with E-state index < -0.39 is 0 Å². The standard InChI is InChI=1S/C40H55/c1-31(19-13-21-33(3)25-27-37-35(5)23-15-29-39(37,7)8)17-11-12-18-32(2)20-14-22-34(4)26-28-38-36(6)24-16-30-40(38,9)10/h11-15,17-22,25-28H,16,23-24,29-30H2,1-10H3/q-1/b12-11+,19-13+,20-14+,27-25+,28-26+,31-17+,32-18+,33-21+,34-22+. The number of hydrogen-bond donors (Lipinski definition) is 0. The summed E-state index contributed by atoms with van der Waals surface area (Å²) in [5.74, 6) is 0. The Morgan fingerprint density at radius 1 is 0.600 bits per heavy atom. The lowest BCUT2D eigenvalue weighted by Gasteiger charge is -2.38. The van der Waals surface area contributed by atoms with E-state index in [4.69, 9.17) is 0 Å². The van der Waals surface area contributed by atoms with Gasteiger partial charge in [0.1, 0.15) is 0 Å². The van der Waals surface area contributed by atoms with Gasteiger partial charge in [0.25, 0.3) is 0 Å². The molecule has 0 bridgehead atoms. The molecule has 0 heterocycles. The van der Waals surface area contributed by atoms with Gasteiger partial charge in [-0.25, -0.2) is 0 Å². The molecule has 2 aliphatic carbocycles. The highest BCUT2D eigenvalue weighted by atomic mass is 14.3. The average Bonchev–Trinajstić information content (AvgIpc) is 2.85. The summed E-state index contributed by atoms with van der Waals surface area (Å²) >= 11 is 0. The summed E-state index contributed by atoms with van der Waals surface area (Å²) in [5, 5.41) is 0. The Balaban J connectivity index is 1.89. The van der Waals surface area contributed by atoms with Crippen molar-refractivity contribution in [1.29, 1.82) is 0 Å². The van der Waals surface area contributed by atoms with Gasteiger partial charge < -0.3 is 6.42 Å². The summed E-state index contributed by atoms with van der Waals surface area (Å²) in [5.41, 5.74) is 11.6. The first-order chi connectivity index (χ1) is 18.8. The molecule has 0 spiro atoms. The predicted octanol–water partition coefficient (Wildman–Crippen LogP) is 12.4. The van der Waals surface area contributed by atoms with E-state index in [1.54, 1.807) is 5.57 Å². The summed E-state index contributed by atoms with van der Waals surface area (Å²) < 4.78 is 0. The van der Waals surface area contributed by atoms with Crippen LogP contribution < -0.4 is 0 Å². The van der Waals surface area contributed by atoms with Gasteiger partial charge in [0.15, 0.2) is 0 Å². The van der Waals surface area contributed by atoms with Crippen LogP contribution in [0.4, 0.5) is 0 Å². The van der Waals surface area contributed by atoms with E-state index in [1.165, 1.54) is 58.3 Å². The van der Waals surface area contributed by atoms with Gasteiger partial charge in [-0.15, -0.1) is 0 Å². The molecule has 0 radical (unpaired) electrons. The van der Waals surface area contributed by atoms with Gasteiger partial charge in [-0.1, -0.05) is 146 Å². The summed E-state index contributed by atoms with van der Waals surface area (Å²) in [7, 11) is 0. The maximum atomic E-state index is 2.41. The maximum Gasteiger partial charge on any atom is -0.0104 e. The number of rotatable bonds is 10. The fourth-order valence-corrected chi connectivity index (χ4v) is 5.60. The fraction of sp³-hybridized carbons (Fsp3) is 0.425. The molecule has 0 aromatic rings. The molecule has 0 heteroatoms. The number of allylic oxidation sites excluding steroid dienone is 22. The molecule has 216 valence electrons. The third-order valence-electron chi connectivity index (χ3n) is 8.13. The zero-order chi connectivity index (χ0) is 29.8. The number of hydrogen-bond acceptors (Lipinski definition) is 0. The van der Waals surface area contributed by atoms with E-state index in [0.717, 1.165) is 12.8 Å². The summed E-state index contributed by atoms with van der Waals surface area (Å²) in [6.07, 6.45) is 39.2. The van der Waals surface area contributed by atoms with Gasteiger partial charge in [-0.3, -0.25) is 0 Å². The van der Waals surface area contributed by atoms with E-state index in [2.05, 4.69) is 161 Å². The smallest absolute Gasteiger partial charge is 0.0104 e. The van der Waals surface area contributed by atoms with Crippen LogP contribution in [0.2, 0.25) is 0 Å². The molecule has 0 unspecified atom stereocenters. The molecule has 0 aromatic heterocycles. The molecule has 0 amide bonds. The van der Waals surface area contributed by atoms with Crippen LogP contribution in [0.5, 0.6) is 0 Å². The van der Waals surface area contributed by atoms with Crippen molar-refractivity contribution in [3.05, 3.63) is 136 Å². The Morgan fingerprint density at radius 2 is 1.05 bits per heavy atom.